The van der Waals surface area contributed by atoms with Crippen molar-refractivity contribution in [2.45, 2.75) is 12.3 Å². The topological polar surface area (TPSA) is 85.9 Å². The SMILES string of the molecule is Nc1cc(C2CCS(=O)(=O)C2)nnc1Cl. The molecule has 0 bridgehead atoms. The molecule has 82 valence electrons. The van der Waals surface area contributed by atoms with E-state index in [4.69, 9.17) is 17.3 Å². The highest BCUT2D eigenvalue weighted by molar-refractivity contribution is 7.91. The Morgan fingerprint density at radius 2 is 2.20 bits per heavy atom. The molecule has 1 unspecified atom stereocenters. The molecule has 2 N–H and O–H groups in total. The van der Waals surface area contributed by atoms with Gasteiger partial charge in [-0.2, -0.15) is 5.10 Å². The number of nitrogen functional groups attached to an aromatic ring is 1. The van der Waals surface area contributed by atoms with Gasteiger partial charge in [-0.3, -0.25) is 0 Å². The molecule has 0 radical (unpaired) electrons. The first-order chi connectivity index (χ1) is 6.98. The van der Waals surface area contributed by atoms with Crippen molar-refractivity contribution in [1.29, 1.82) is 0 Å². The molecular formula is C8H10ClN3O2S. The van der Waals surface area contributed by atoms with Crippen molar-refractivity contribution in [2.24, 2.45) is 0 Å². The zero-order valence-corrected chi connectivity index (χ0v) is 9.42. The van der Waals surface area contributed by atoms with E-state index in [1.54, 1.807) is 6.07 Å². The number of hydrogen-bond acceptors (Lipinski definition) is 5. The van der Waals surface area contributed by atoms with Crippen molar-refractivity contribution in [3.63, 3.8) is 0 Å². The number of rotatable bonds is 1. The first kappa shape index (κ1) is 10.6. The van der Waals surface area contributed by atoms with Crippen LogP contribution in [-0.4, -0.2) is 30.1 Å². The average molecular weight is 248 g/mol. The van der Waals surface area contributed by atoms with Crippen molar-refractivity contribution in [3.8, 4) is 0 Å². The molecule has 2 rings (SSSR count). The molecule has 1 aromatic heterocycles. The van der Waals surface area contributed by atoms with E-state index in [0.29, 0.717) is 17.8 Å². The minimum atomic E-state index is -2.91. The van der Waals surface area contributed by atoms with E-state index in [2.05, 4.69) is 10.2 Å². The van der Waals surface area contributed by atoms with Gasteiger partial charge in [0.05, 0.1) is 22.9 Å². The van der Waals surface area contributed by atoms with Gasteiger partial charge in [-0.15, -0.1) is 5.10 Å². The van der Waals surface area contributed by atoms with Gasteiger partial charge in [0.2, 0.25) is 0 Å². The van der Waals surface area contributed by atoms with Crippen LogP contribution in [0.4, 0.5) is 5.69 Å². The number of sulfone groups is 1. The van der Waals surface area contributed by atoms with Crippen LogP contribution in [0.2, 0.25) is 5.15 Å². The summed E-state index contributed by atoms with van der Waals surface area (Å²) in [7, 11) is -2.91. The third kappa shape index (κ3) is 2.21. The summed E-state index contributed by atoms with van der Waals surface area (Å²) in [5.41, 5.74) is 6.52. The Morgan fingerprint density at radius 3 is 2.73 bits per heavy atom. The molecule has 7 heteroatoms. The van der Waals surface area contributed by atoms with Gasteiger partial charge >= 0.3 is 0 Å². The Hall–Kier alpha value is -0.880. The Morgan fingerprint density at radius 1 is 1.47 bits per heavy atom. The molecule has 1 saturated heterocycles. The lowest BCUT2D eigenvalue weighted by molar-refractivity contribution is 0.601. The second-order valence-corrected chi connectivity index (χ2v) is 6.20. The van der Waals surface area contributed by atoms with E-state index in [9.17, 15) is 8.42 Å². The molecule has 15 heavy (non-hydrogen) atoms. The van der Waals surface area contributed by atoms with Crippen LogP contribution in [0.1, 0.15) is 18.0 Å². The summed E-state index contributed by atoms with van der Waals surface area (Å²) in [5, 5.41) is 7.68. The lowest BCUT2D eigenvalue weighted by atomic mass is 10.1. The minimum absolute atomic E-state index is 0.0953. The molecule has 1 aliphatic rings. The van der Waals surface area contributed by atoms with E-state index in [0.717, 1.165) is 0 Å². The number of halogens is 1. The minimum Gasteiger partial charge on any atom is -0.396 e. The van der Waals surface area contributed by atoms with Crippen LogP contribution in [0.25, 0.3) is 0 Å². The van der Waals surface area contributed by atoms with E-state index < -0.39 is 9.84 Å². The zero-order valence-electron chi connectivity index (χ0n) is 7.85. The Kier molecular flexibility index (Phi) is 2.56. The highest BCUT2D eigenvalue weighted by Crippen LogP contribution is 2.29. The predicted molar refractivity (Wildman–Crippen MR) is 57.5 cm³/mol. The highest BCUT2D eigenvalue weighted by Gasteiger charge is 2.30. The second kappa shape index (κ2) is 3.61. The lowest BCUT2D eigenvalue weighted by Gasteiger charge is -2.06. The standard InChI is InChI=1S/C8H10ClN3O2S/c9-8-6(10)3-7(11-12-8)5-1-2-15(13,14)4-5/h3,5H,1-2,4H2,(H2,10,11). The normalized spacial score (nSPS) is 24.2. The van der Waals surface area contributed by atoms with Gasteiger partial charge in [-0.25, -0.2) is 8.42 Å². The zero-order chi connectivity index (χ0) is 11.1. The molecule has 0 spiro atoms. The van der Waals surface area contributed by atoms with Gasteiger partial charge in [0.1, 0.15) is 0 Å². The number of hydrogen-bond donors (Lipinski definition) is 1. The number of nitrogens with two attached hydrogens (primary N) is 1. The lowest BCUT2D eigenvalue weighted by Crippen LogP contribution is -2.07. The van der Waals surface area contributed by atoms with Crippen LogP contribution < -0.4 is 5.73 Å². The van der Waals surface area contributed by atoms with Crippen LogP contribution in [0.15, 0.2) is 6.07 Å². The van der Waals surface area contributed by atoms with Crippen molar-refractivity contribution in [2.75, 3.05) is 17.2 Å². The average Bonchev–Trinajstić information content (AvgIpc) is 2.51. The maximum atomic E-state index is 11.3. The van der Waals surface area contributed by atoms with Crippen LogP contribution >= 0.6 is 11.6 Å². The predicted octanol–water partition coefficient (Wildman–Crippen LogP) is 0.614. The third-order valence-electron chi connectivity index (χ3n) is 2.45. The molecule has 0 saturated carbocycles. The smallest absolute Gasteiger partial charge is 0.174 e. The summed E-state index contributed by atoms with van der Waals surface area (Å²) < 4.78 is 22.5. The number of nitrogens with zero attached hydrogens (tertiary/aromatic N) is 2. The molecule has 0 amide bonds. The van der Waals surface area contributed by atoms with E-state index in [1.165, 1.54) is 0 Å². The monoisotopic (exact) mass is 247 g/mol. The Balaban J connectivity index is 2.28. The molecule has 0 aliphatic carbocycles. The van der Waals surface area contributed by atoms with E-state index >= 15 is 0 Å². The fourth-order valence-electron chi connectivity index (χ4n) is 1.63. The first-order valence-corrected chi connectivity index (χ1v) is 6.67. The van der Waals surface area contributed by atoms with E-state index in [-0.39, 0.29) is 22.6 Å². The van der Waals surface area contributed by atoms with Gasteiger partial charge in [0.25, 0.3) is 0 Å². The van der Waals surface area contributed by atoms with Crippen LogP contribution in [-0.2, 0) is 9.84 Å². The van der Waals surface area contributed by atoms with Crippen molar-refractivity contribution in [3.05, 3.63) is 16.9 Å². The molecule has 1 aromatic rings. The fourth-order valence-corrected chi connectivity index (χ4v) is 3.49. The maximum Gasteiger partial charge on any atom is 0.174 e. The van der Waals surface area contributed by atoms with Crippen LogP contribution in [0.3, 0.4) is 0 Å². The van der Waals surface area contributed by atoms with Crippen molar-refractivity contribution >= 4 is 27.1 Å². The van der Waals surface area contributed by atoms with Gasteiger partial charge in [0, 0.05) is 5.92 Å². The van der Waals surface area contributed by atoms with Crippen molar-refractivity contribution < 1.29 is 8.42 Å². The van der Waals surface area contributed by atoms with Crippen molar-refractivity contribution in [1.82, 2.24) is 10.2 Å². The summed E-state index contributed by atoms with van der Waals surface area (Å²) in [4.78, 5) is 0. The van der Waals surface area contributed by atoms with Gasteiger partial charge in [-0.05, 0) is 12.5 Å². The number of aromatic nitrogens is 2. The Bertz CT molecular complexity index is 489. The molecule has 5 nitrogen and oxygen atoms in total. The second-order valence-electron chi connectivity index (χ2n) is 3.62. The number of anilines is 1. The summed E-state index contributed by atoms with van der Waals surface area (Å²) in [6, 6.07) is 1.60. The first-order valence-electron chi connectivity index (χ1n) is 4.47. The summed E-state index contributed by atoms with van der Waals surface area (Å²) in [6.07, 6.45) is 0.581. The molecular weight excluding hydrogens is 238 g/mol. The third-order valence-corrected chi connectivity index (χ3v) is 4.51. The summed E-state index contributed by atoms with van der Waals surface area (Å²) >= 11 is 5.63. The summed E-state index contributed by atoms with van der Waals surface area (Å²) in [5.74, 6) is 0.243. The van der Waals surface area contributed by atoms with Crippen LogP contribution in [0, 0.1) is 0 Å². The summed E-state index contributed by atoms with van der Waals surface area (Å²) in [6.45, 7) is 0. The molecule has 1 aliphatic heterocycles. The Labute approximate surface area is 92.6 Å². The molecule has 2 heterocycles. The van der Waals surface area contributed by atoms with Gasteiger partial charge < -0.3 is 5.73 Å². The van der Waals surface area contributed by atoms with E-state index in [1.807, 2.05) is 0 Å². The fraction of sp³-hybridized carbons (Fsp3) is 0.500. The molecule has 1 atom stereocenters. The molecule has 0 aromatic carbocycles. The van der Waals surface area contributed by atoms with Gasteiger partial charge in [-0.1, -0.05) is 11.6 Å². The quantitative estimate of drug-likeness (QED) is 0.786. The largest absolute Gasteiger partial charge is 0.396 e. The molecule has 1 fully saturated rings. The maximum absolute atomic E-state index is 11.3. The van der Waals surface area contributed by atoms with Crippen LogP contribution in [0.5, 0.6) is 0 Å². The highest BCUT2D eigenvalue weighted by atomic mass is 35.5. The van der Waals surface area contributed by atoms with Gasteiger partial charge in [0.15, 0.2) is 15.0 Å².